The standard InChI is InChI=1S/C11H10BrFN4/c1-6-2-8(12)9(13)3-10(6)17-11-15-4-7(14)5-16-11/h2-5H,14H2,1H3,(H,15,16,17). The van der Waals surface area contributed by atoms with E-state index in [1.165, 1.54) is 18.5 Å². The highest BCUT2D eigenvalue weighted by Gasteiger charge is 2.06. The first kappa shape index (κ1) is 11.8. The molecule has 88 valence electrons. The Bertz CT molecular complexity index is 542. The molecule has 0 saturated carbocycles. The van der Waals surface area contributed by atoms with E-state index in [9.17, 15) is 4.39 Å². The van der Waals surface area contributed by atoms with Crippen LogP contribution in [0.1, 0.15) is 5.56 Å². The van der Waals surface area contributed by atoms with E-state index in [1.807, 2.05) is 6.92 Å². The third-order valence-electron chi connectivity index (χ3n) is 2.19. The lowest BCUT2D eigenvalue weighted by molar-refractivity contribution is 0.621. The van der Waals surface area contributed by atoms with Gasteiger partial charge in [-0.3, -0.25) is 0 Å². The van der Waals surface area contributed by atoms with Crippen LogP contribution in [0.15, 0.2) is 29.0 Å². The molecule has 6 heteroatoms. The van der Waals surface area contributed by atoms with Crippen molar-refractivity contribution in [3.05, 3.63) is 40.4 Å². The van der Waals surface area contributed by atoms with Crippen LogP contribution in [-0.2, 0) is 0 Å². The molecule has 0 bridgehead atoms. The van der Waals surface area contributed by atoms with E-state index in [0.29, 0.717) is 21.8 Å². The van der Waals surface area contributed by atoms with Gasteiger partial charge in [0.15, 0.2) is 0 Å². The molecule has 0 radical (unpaired) electrons. The maximum atomic E-state index is 13.4. The Balaban J connectivity index is 2.30. The number of benzene rings is 1. The molecular weight excluding hydrogens is 287 g/mol. The number of nitrogens with two attached hydrogens (primary N) is 1. The lowest BCUT2D eigenvalue weighted by Gasteiger charge is -2.09. The van der Waals surface area contributed by atoms with E-state index in [2.05, 4.69) is 31.2 Å². The number of hydrogen-bond acceptors (Lipinski definition) is 4. The predicted molar refractivity (Wildman–Crippen MR) is 68.6 cm³/mol. The average Bonchev–Trinajstić information content (AvgIpc) is 2.29. The van der Waals surface area contributed by atoms with Gasteiger partial charge >= 0.3 is 0 Å². The Kier molecular flexibility index (Phi) is 3.23. The summed E-state index contributed by atoms with van der Waals surface area (Å²) in [6.45, 7) is 1.86. The molecule has 1 aromatic heterocycles. The van der Waals surface area contributed by atoms with Crippen molar-refractivity contribution in [3.63, 3.8) is 0 Å². The van der Waals surface area contributed by atoms with Gasteiger partial charge in [0, 0.05) is 5.69 Å². The summed E-state index contributed by atoms with van der Waals surface area (Å²) >= 11 is 3.12. The first-order valence-corrected chi connectivity index (χ1v) is 5.66. The third-order valence-corrected chi connectivity index (χ3v) is 2.79. The molecule has 0 spiro atoms. The summed E-state index contributed by atoms with van der Waals surface area (Å²) in [4.78, 5) is 7.97. The summed E-state index contributed by atoms with van der Waals surface area (Å²) < 4.78 is 13.8. The SMILES string of the molecule is Cc1cc(Br)c(F)cc1Nc1ncc(N)cn1. The summed E-state index contributed by atoms with van der Waals surface area (Å²) in [5.41, 5.74) is 7.46. The number of hydrogen-bond donors (Lipinski definition) is 2. The minimum atomic E-state index is -0.339. The van der Waals surface area contributed by atoms with Crippen molar-refractivity contribution >= 4 is 33.3 Å². The van der Waals surface area contributed by atoms with Crippen LogP contribution in [0.3, 0.4) is 0 Å². The fourth-order valence-corrected chi connectivity index (χ4v) is 1.76. The molecule has 0 unspecified atom stereocenters. The van der Waals surface area contributed by atoms with Crippen molar-refractivity contribution < 1.29 is 4.39 Å². The zero-order valence-electron chi connectivity index (χ0n) is 9.04. The normalized spacial score (nSPS) is 10.3. The lowest BCUT2D eigenvalue weighted by atomic mass is 10.2. The molecule has 0 aliphatic rings. The fraction of sp³-hybridized carbons (Fsp3) is 0.0909. The van der Waals surface area contributed by atoms with Crippen molar-refractivity contribution in [2.75, 3.05) is 11.1 Å². The topological polar surface area (TPSA) is 63.8 Å². The van der Waals surface area contributed by atoms with E-state index in [4.69, 9.17) is 5.73 Å². The number of halogens is 2. The number of aromatic nitrogens is 2. The van der Waals surface area contributed by atoms with Crippen molar-refractivity contribution in [2.24, 2.45) is 0 Å². The highest BCUT2D eigenvalue weighted by atomic mass is 79.9. The van der Waals surface area contributed by atoms with E-state index < -0.39 is 0 Å². The summed E-state index contributed by atoms with van der Waals surface area (Å²) in [5, 5.41) is 2.93. The molecule has 2 aromatic rings. The Morgan fingerprint density at radius 3 is 2.59 bits per heavy atom. The molecule has 1 heterocycles. The van der Waals surface area contributed by atoms with E-state index >= 15 is 0 Å². The van der Waals surface area contributed by atoms with Crippen LogP contribution in [-0.4, -0.2) is 9.97 Å². The highest BCUT2D eigenvalue weighted by molar-refractivity contribution is 9.10. The number of anilines is 3. The maximum absolute atomic E-state index is 13.4. The van der Waals surface area contributed by atoms with Crippen molar-refractivity contribution in [1.29, 1.82) is 0 Å². The van der Waals surface area contributed by atoms with Gasteiger partial charge in [0.2, 0.25) is 5.95 Å². The largest absolute Gasteiger partial charge is 0.396 e. The first-order valence-electron chi connectivity index (χ1n) is 4.86. The van der Waals surface area contributed by atoms with Crippen LogP contribution in [0.5, 0.6) is 0 Å². The van der Waals surface area contributed by atoms with Gasteiger partial charge in [-0.2, -0.15) is 0 Å². The summed E-state index contributed by atoms with van der Waals surface area (Å²) in [5.74, 6) is 0.0394. The predicted octanol–water partition coefficient (Wildman–Crippen LogP) is 3.01. The molecule has 2 rings (SSSR count). The molecule has 0 saturated heterocycles. The smallest absolute Gasteiger partial charge is 0.227 e. The third kappa shape index (κ3) is 2.71. The van der Waals surface area contributed by atoms with E-state index in [-0.39, 0.29) is 5.82 Å². The van der Waals surface area contributed by atoms with Crippen molar-refractivity contribution in [1.82, 2.24) is 9.97 Å². The molecule has 0 aliphatic heterocycles. The van der Waals surface area contributed by atoms with Crippen LogP contribution >= 0.6 is 15.9 Å². The molecule has 4 nitrogen and oxygen atoms in total. The molecule has 3 N–H and O–H groups in total. The molecular formula is C11H10BrFN4. The Hall–Kier alpha value is -1.69. The maximum Gasteiger partial charge on any atom is 0.227 e. The number of nitrogen functional groups attached to an aromatic ring is 1. The second-order valence-electron chi connectivity index (χ2n) is 3.55. The van der Waals surface area contributed by atoms with Gasteiger partial charge < -0.3 is 11.1 Å². The van der Waals surface area contributed by atoms with Gasteiger partial charge in [-0.25, -0.2) is 14.4 Å². The van der Waals surface area contributed by atoms with Crippen molar-refractivity contribution in [3.8, 4) is 0 Å². The van der Waals surface area contributed by atoms with Crippen LogP contribution in [0, 0.1) is 12.7 Å². The second-order valence-corrected chi connectivity index (χ2v) is 4.40. The minimum absolute atomic E-state index is 0.339. The zero-order valence-corrected chi connectivity index (χ0v) is 10.6. The Morgan fingerprint density at radius 1 is 1.29 bits per heavy atom. The Labute approximate surface area is 106 Å². The minimum Gasteiger partial charge on any atom is -0.396 e. The lowest BCUT2D eigenvalue weighted by Crippen LogP contribution is -2.00. The molecule has 0 atom stereocenters. The summed E-state index contributed by atoms with van der Waals surface area (Å²) in [6.07, 6.45) is 2.97. The summed E-state index contributed by atoms with van der Waals surface area (Å²) in [7, 11) is 0. The van der Waals surface area contributed by atoms with Crippen LogP contribution in [0.25, 0.3) is 0 Å². The quantitative estimate of drug-likeness (QED) is 0.894. The van der Waals surface area contributed by atoms with Gasteiger partial charge in [0.05, 0.1) is 22.6 Å². The highest BCUT2D eigenvalue weighted by Crippen LogP contribution is 2.25. The van der Waals surface area contributed by atoms with Crippen LogP contribution < -0.4 is 11.1 Å². The van der Waals surface area contributed by atoms with Crippen molar-refractivity contribution in [2.45, 2.75) is 6.92 Å². The van der Waals surface area contributed by atoms with Gasteiger partial charge in [0.25, 0.3) is 0 Å². The summed E-state index contributed by atoms with van der Waals surface area (Å²) in [6, 6.07) is 3.08. The van der Waals surface area contributed by atoms with E-state index in [1.54, 1.807) is 6.07 Å². The van der Waals surface area contributed by atoms with Crippen LogP contribution in [0.4, 0.5) is 21.7 Å². The molecule has 17 heavy (non-hydrogen) atoms. The zero-order chi connectivity index (χ0) is 12.4. The number of nitrogens with zero attached hydrogens (tertiary/aromatic N) is 2. The number of nitrogens with one attached hydrogen (secondary N) is 1. The fourth-order valence-electron chi connectivity index (χ4n) is 1.30. The Morgan fingerprint density at radius 2 is 1.94 bits per heavy atom. The molecule has 0 fully saturated rings. The van der Waals surface area contributed by atoms with Gasteiger partial charge in [0.1, 0.15) is 5.82 Å². The molecule has 0 amide bonds. The van der Waals surface area contributed by atoms with Crippen LogP contribution in [0.2, 0.25) is 0 Å². The second kappa shape index (κ2) is 4.67. The van der Waals surface area contributed by atoms with Gasteiger partial charge in [-0.15, -0.1) is 0 Å². The molecule has 0 aliphatic carbocycles. The monoisotopic (exact) mass is 296 g/mol. The van der Waals surface area contributed by atoms with Gasteiger partial charge in [-0.1, -0.05) is 0 Å². The van der Waals surface area contributed by atoms with E-state index in [0.717, 1.165) is 5.56 Å². The number of aryl methyl sites for hydroxylation is 1. The number of rotatable bonds is 2. The molecule has 1 aromatic carbocycles. The first-order chi connectivity index (χ1) is 8.06. The average molecular weight is 297 g/mol. The van der Waals surface area contributed by atoms with Gasteiger partial charge in [-0.05, 0) is 40.5 Å².